The van der Waals surface area contributed by atoms with Crippen molar-refractivity contribution in [3.05, 3.63) is 10.1 Å². The number of hydrogen-bond donors (Lipinski definition) is 0. The van der Waals surface area contributed by atoms with Gasteiger partial charge in [0.1, 0.15) is 9.75 Å². The normalized spacial score (nSPS) is 47.6. The summed E-state index contributed by atoms with van der Waals surface area (Å²) in [6.07, 6.45) is -0.379. The van der Waals surface area contributed by atoms with E-state index in [1.54, 1.807) is 0 Å². The zero-order chi connectivity index (χ0) is 16.7. The van der Waals surface area contributed by atoms with Crippen LogP contribution in [0.2, 0.25) is 0 Å². The number of halogens is 6. The first-order valence-electron chi connectivity index (χ1n) is 6.95. The van der Waals surface area contributed by atoms with Gasteiger partial charge in [-0.2, -0.15) is 0 Å². The molecule has 2 aliphatic carbocycles. The fraction of sp³-hybridized carbons (Fsp3) is 0.857. The molecule has 126 valence electrons. The number of rotatable bonds is 0. The highest BCUT2D eigenvalue weighted by Gasteiger charge is 2.82. The van der Waals surface area contributed by atoms with Gasteiger partial charge in [0.05, 0.1) is 23.3 Å². The number of allylic oxidation sites excluding steroid dienone is 2. The Labute approximate surface area is 160 Å². The van der Waals surface area contributed by atoms with Crippen molar-refractivity contribution in [1.82, 2.24) is 0 Å². The van der Waals surface area contributed by atoms with Crippen molar-refractivity contribution in [2.24, 2.45) is 17.3 Å². The summed E-state index contributed by atoms with van der Waals surface area (Å²) in [4.78, 5) is -2.56. The molecule has 3 rings (SSSR count). The van der Waals surface area contributed by atoms with Gasteiger partial charge >= 0.3 is 0 Å². The van der Waals surface area contributed by atoms with E-state index in [-0.39, 0.29) is 33.6 Å². The fourth-order valence-electron chi connectivity index (χ4n) is 3.60. The highest BCUT2D eigenvalue weighted by Crippen LogP contribution is 2.76. The minimum absolute atomic E-state index is 0.184. The van der Waals surface area contributed by atoms with Gasteiger partial charge in [0.15, 0.2) is 10.6 Å². The lowest BCUT2D eigenvalue weighted by molar-refractivity contribution is -0.185. The molecule has 2 fully saturated rings. The standard InChI is InChI=1S/C14H16Cl6O2/c1-11(2,3)10-21-4-6-7(5-22-10)13(18)9(16)8(15)12(6,17)14(13,19)20/h6-7,10H,4-5H2,1-3H3/t6-,7+,10?,12-,13+. The highest BCUT2D eigenvalue weighted by atomic mass is 35.5. The maximum atomic E-state index is 6.77. The summed E-state index contributed by atoms with van der Waals surface area (Å²) in [6.45, 7) is 6.70. The molecule has 2 nitrogen and oxygen atoms in total. The van der Waals surface area contributed by atoms with E-state index >= 15 is 0 Å². The molecule has 8 heteroatoms. The van der Waals surface area contributed by atoms with Crippen LogP contribution in [0.15, 0.2) is 10.1 Å². The molecule has 0 spiro atoms. The molecule has 0 radical (unpaired) electrons. The predicted octanol–water partition coefficient (Wildman–Crippen LogP) is 5.48. The average molecular weight is 429 g/mol. The van der Waals surface area contributed by atoms with Gasteiger partial charge in [-0.15, -0.1) is 23.2 Å². The van der Waals surface area contributed by atoms with Crippen molar-refractivity contribution < 1.29 is 9.47 Å². The van der Waals surface area contributed by atoms with Crippen LogP contribution in [0.25, 0.3) is 0 Å². The molecule has 1 heterocycles. The number of ether oxygens (including phenoxy) is 2. The third-order valence-corrected chi connectivity index (χ3v) is 9.16. The lowest BCUT2D eigenvalue weighted by Gasteiger charge is -2.35. The Kier molecular flexibility index (Phi) is 4.30. The maximum Gasteiger partial charge on any atom is 0.167 e. The van der Waals surface area contributed by atoms with Crippen LogP contribution >= 0.6 is 69.6 Å². The molecular weight excluding hydrogens is 413 g/mol. The summed E-state index contributed by atoms with van der Waals surface area (Å²) >= 11 is 39.3. The number of fused-ring (bicyclic) bond motifs is 5. The summed E-state index contributed by atoms with van der Waals surface area (Å²) in [5, 5.41) is 0.407. The van der Waals surface area contributed by atoms with Crippen LogP contribution in [0.5, 0.6) is 0 Å². The Morgan fingerprint density at radius 3 is 1.55 bits per heavy atom. The van der Waals surface area contributed by atoms with Crippen molar-refractivity contribution in [1.29, 1.82) is 0 Å². The van der Waals surface area contributed by atoms with Gasteiger partial charge in [-0.05, 0) is 0 Å². The van der Waals surface area contributed by atoms with E-state index in [0.29, 0.717) is 13.2 Å². The van der Waals surface area contributed by atoms with Gasteiger partial charge in [0.25, 0.3) is 0 Å². The molecule has 0 N–H and O–H groups in total. The first kappa shape index (κ1) is 18.2. The second-order valence-electron chi connectivity index (χ2n) is 7.20. The second kappa shape index (κ2) is 5.20. The summed E-state index contributed by atoms with van der Waals surface area (Å²) in [5.74, 6) is -0.576. The molecule has 0 aromatic rings. The molecule has 5 atom stereocenters. The third kappa shape index (κ3) is 1.96. The average Bonchev–Trinajstić information content (AvgIpc) is 2.65. The van der Waals surface area contributed by atoms with Crippen molar-refractivity contribution in [3.8, 4) is 0 Å². The van der Waals surface area contributed by atoms with Crippen molar-refractivity contribution >= 4 is 69.6 Å². The minimum atomic E-state index is -1.53. The van der Waals surface area contributed by atoms with Crippen LogP contribution in [-0.4, -0.2) is 33.6 Å². The van der Waals surface area contributed by atoms with Gasteiger partial charge in [-0.1, -0.05) is 67.2 Å². The predicted molar refractivity (Wildman–Crippen MR) is 92.5 cm³/mol. The smallest absolute Gasteiger partial charge is 0.167 e. The van der Waals surface area contributed by atoms with Crippen LogP contribution in [0.3, 0.4) is 0 Å². The molecule has 1 unspecified atom stereocenters. The van der Waals surface area contributed by atoms with Gasteiger partial charge in [-0.25, -0.2) is 0 Å². The molecule has 1 saturated carbocycles. The molecule has 1 aliphatic heterocycles. The summed E-state index contributed by atoms with van der Waals surface area (Å²) < 4.78 is 10.3. The molecule has 1 saturated heterocycles. The molecule has 2 bridgehead atoms. The lowest BCUT2D eigenvalue weighted by atomic mass is 9.83. The molecule has 22 heavy (non-hydrogen) atoms. The Bertz CT molecular complexity index is 504. The summed E-state index contributed by atoms with van der Waals surface area (Å²) in [5.41, 5.74) is -0.184. The van der Waals surface area contributed by atoms with Crippen LogP contribution in [-0.2, 0) is 9.47 Å². The number of alkyl halides is 4. The van der Waals surface area contributed by atoms with E-state index in [1.165, 1.54) is 0 Å². The molecule has 0 aromatic carbocycles. The van der Waals surface area contributed by atoms with Crippen molar-refractivity contribution in [2.75, 3.05) is 13.2 Å². The third-order valence-electron chi connectivity index (χ3n) is 4.81. The second-order valence-corrected chi connectivity index (χ2v) is 10.5. The SMILES string of the molecule is CC(C)(C)C1OC[C@@H]2[C@H](CO1)[C@]1(Cl)C(Cl)=C(Cl)[C@@]2(Cl)C1(Cl)Cl. The summed E-state index contributed by atoms with van der Waals surface area (Å²) in [6, 6.07) is 0. The number of hydrogen-bond acceptors (Lipinski definition) is 2. The highest BCUT2D eigenvalue weighted by molar-refractivity contribution is 6.65. The maximum absolute atomic E-state index is 6.77. The van der Waals surface area contributed by atoms with Crippen LogP contribution in [0.4, 0.5) is 0 Å². The largest absolute Gasteiger partial charge is 0.352 e. The lowest BCUT2D eigenvalue weighted by Crippen LogP contribution is -2.46. The fourth-order valence-corrected chi connectivity index (χ4v) is 6.65. The van der Waals surface area contributed by atoms with Crippen LogP contribution < -0.4 is 0 Å². The Balaban J connectivity index is 2.03. The van der Waals surface area contributed by atoms with E-state index < -0.39 is 14.1 Å². The first-order chi connectivity index (χ1) is 9.90. The van der Waals surface area contributed by atoms with Crippen molar-refractivity contribution in [2.45, 2.75) is 41.1 Å². The Morgan fingerprint density at radius 2 is 1.23 bits per heavy atom. The van der Waals surface area contributed by atoms with E-state index in [2.05, 4.69) is 0 Å². The van der Waals surface area contributed by atoms with E-state index in [1.807, 2.05) is 20.8 Å². The molecular formula is C14H16Cl6O2. The van der Waals surface area contributed by atoms with E-state index in [4.69, 9.17) is 79.1 Å². The van der Waals surface area contributed by atoms with Crippen LogP contribution in [0, 0.1) is 17.3 Å². The van der Waals surface area contributed by atoms with Gasteiger partial charge in [-0.3, -0.25) is 0 Å². The quantitative estimate of drug-likeness (QED) is 0.475. The van der Waals surface area contributed by atoms with Gasteiger partial charge in [0, 0.05) is 17.3 Å². The molecule has 0 aromatic heterocycles. The zero-order valence-electron chi connectivity index (χ0n) is 12.2. The van der Waals surface area contributed by atoms with Crippen LogP contribution in [0.1, 0.15) is 20.8 Å². The first-order valence-corrected chi connectivity index (χ1v) is 9.22. The Hall–Kier alpha value is 1.40. The molecule has 0 amide bonds. The molecule has 3 aliphatic rings. The van der Waals surface area contributed by atoms with E-state index in [0.717, 1.165) is 0 Å². The Morgan fingerprint density at radius 1 is 0.864 bits per heavy atom. The minimum Gasteiger partial charge on any atom is -0.352 e. The van der Waals surface area contributed by atoms with Gasteiger partial charge in [0.2, 0.25) is 0 Å². The van der Waals surface area contributed by atoms with Crippen molar-refractivity contribution in [3.63, 3.8) is 0 Å². The summed E-state index contributed by atoms with van der Waals surface area (Å²) in [7, 11) is 0. The zero-order valence-corrected chi connectivity index (χ0v) is 16.8. The topological polar surface area (TPSA) is 18.5 Å². The van der Waals surface area contributed by atoms with E-state index in [9.17, 15) is 0 Å². The van der Waals surface area contributed by atoms with Gasteiger partial charge < -0.3 is 9.47 Å². The monoisotopic (exact) mass is 426 g/mol.